The summed E-state index contributed by atoms with van der Waals surface area (Å²) in [7, 11) is 0. The van der Waals surface area contributed by atoms with Gasteiger partial charge in [0, 0.05) is 13.1 Å². The van der Waals surface area contributed by atoms with Gasteiger partial charge in [0.25, 0.3) is 0 Å². The molecule has 0 fully saturated rings. The Morgan fingerprint density at radius 1 is 1.08 bits per heavy atom. The van der Waals surface area contributed by atoms with Crippen molar-refractivity contribution in [3.05, 3.63) is 0 Å². The van der Waals surface area contributed by atoms with Crippen molar-refractivity contribution in [3.8, 4) is 0 Å². The van der Waals surface area contributed by atoms with E-state index in [4.69, 9.17) is 20.9 Å². The molecule has 0 atom stereocenters. The minimum absolute atomic E-state index is 0.515. The van der Waals surface area contributed by atoms with Gasteiger partial charge in [0.15, 0.2) is 5.79 Å². The van der Waals surface area contributed by atoms with Gasteiger partial charge in [-0.05, 0) is 13.3 Å². The number of hydrogen-bond acceptors (Lipinski definition) is 4. The first-order chi connectivity index (χ1) is 5.68. The molecule has 0 bridgehead atoms. The minimum atomic E-state index is -0.515. The summed E-state index contributed by atoms with van der Waals surface area (Å²) in [6.45, 7) is 5.98. The van der Waals surface area contributed by atoms with Crippen LogP contribution >= 0.6 is 0 Å². The zero-order valence-corrected chi connectivity index (χ0v) is 8.01. The average molecular weight is 176 g/mol. The van der Waals surface area contributed by atoms with Gasteiger partial charge in [0.05, 0.1) is 13.2 Å². The van der Waals surface area contributed by atoms with Gasteiger partial charge in [-0.25, -0.2) is 0 Å². The molecule has 0 saturated carbocycles. The maximum absolute atomic E-state index is 5.43. The lowest BCUT2D eigenvalue weighted by molar-refractivity contribution is -0.223. The van der Waals surface area contributed by atoms with Crippen LogP contribution in [0.2, 0.25) is 0 Å². The first-order valence-electron chi connectivity index (χ1n) is 4.36. The largest absolute Gasteiger partial charge is 0.349 e. The van der Waals surface area contributed by atoms with Gasteiger partial charge >= 0.3 is 0 Å². The van der Waals surface area contributed by atoms with Gasteiger partial charge in [-0.3, -0.25) is 0 Å². The van der Waals surface area contributed by atoms with Crippen LogP contribution < -0.4 is 11.5 Å². The Morgan fingerprint density at radius 3 is 1.75 bits per heavy atom. The molecule has 0 rings (SSSR count). The molecule has 0 spiro atoms. The molecule has 74 valence electrons. The SMILES string of the molecule is CCC(C)(OCCN)OCCN. The first kappa shape index (κ1) is 11.8. The lowest BCUT2D eigenvalue weighted by atomic mass is 10.2. The smallest absolute Gasteiger partial charge is 0.165 e. The number of rotatable bonds is 7. The van der Waals surface area contributed by atoms with Crippen molar-refractivity contribution in [2.45, 2.75) is 26.1 Å². The summed E-state index contributed by atoms with van der Waals surface area (Å²) in [5.74, 6) is -0.515. The fourth-order valence-electron chi connectivity index (χ4n) is 0.795. The van der Waals surface area contributed by atoms with Crippen LogP contribution in [0, 0.1) is 0 Å². The highest BCUT2D eigenvalue weighted by Crippen LogP contribution is 2.15. The molecule has 0 aromatic carbocycles. The Balaban J connectivity index is 3.70. The Bertz CT molecular complexity index is 101. The molecular weight excluding hydrogens is 156 g/mol. The highest BCUT2D eigenvalue weighted by atomic mass is 16.7. The Kier molecular flexibility index (Phi) is 6.28. The number of ether oxygens (including phenoxy) is 2. The molecule has 0 amide bonds. The third-order valence-electron chi connectivity index (χ3n) is 1.69. The summed E-state index contributed by atoms with van der Waals surface area (Å²) in [6.07, 6.45) is 0.799. The van der Waals surface area contributed by atoms with Crippen LogP contribution in [-0.2, 0) is 9.47 Å². The highest BCUT2D eigenvalue weighted by Gasteiger charge is 2.22. The topological polar surface area (TPSA) is 70.5 Å². The van der Waals surface area contributed by atoms with E-state index < -0.39 is 5.79 Å². The van der Waals surface area contributed by atoms with E-state index in [9.17, 15) is 0 Å². The number of nitrogens with two attached hydrogens (primary N) is 2. The minimum Gasteiger partial charge on any atom is -0.349 e. The molecular formula is C8H20N2O2. The second-order valence-electron chi connectivity index (χ2n) is 2.76. The van der Waals surface area contributed by atoms with Gasteiger partial charge in [0.2, 0.25) is 0 Å². The molecule has 12 heavy (non-hydrogen) atoms. The van der Waals surface area contributed by atoms with Crippen LogP contribution in [0.3, 0.4) is 0 Å². The molecule has 4 nitrogen and oxygen atoms in total. The zero-order chi connectivity index (χ0) is 9.45. The van der Waals surface area contributed by atoms with Crippen molar-refractivity contribution in [1.82, 2.24) is 0 Å². The summed E-state index contributed by atoms with van der Waals surface area (Å²) >= 11 is 0. The Morgan fingerprint density at radius 2 is 1.50 bits per heavy atom. The van der Waals surface area contributed by atoms with Gasteiger partial charge < -0.3 is 20.9 Å². The van der Waals surface area contributed by atoms with Crippen molar-refractivity contribution in [2.24, 2.45) is 11.5 Å². The molecule has 0 aliphatic carbocycles. The molecule has 0 unspecified atom stereocenters. The van der Waals surface area contributed by atoms with Crippen LogP contribution in [0.1, 0.15) is 20.3 Å². The summed E-state index contributed by atoms with van der Waals surface area (Å²) in [5.41, 5.74) is 10.6. The van der Waals surface area contributed by atoms with Crippen LogP contribution in [0.4, 0.5) is 0 Å². The second-order valence-corrected chi connectivity index (χ2v) is 2.76. The maximum atomic E-state index is 5.43. The fourth-order valence-corrected chi connectivity index (χ4v) is 0.795. The van der Waals surface area contributed by atoms with Crippen LogP contribution in [0.5, 0.6) is 0 Å². The molecule has 0 aliphatic rings. The predicted molar refractivity (Wildman–Crippen MR) is 48.7 cm³/mol. The zero-order valence-electron chi connectivity index (χ0n) is 8.01. The van der Waals surface area contributed by atoms with Crippen molar-refractivity contribution < 1.29 is 9.47 Å². The second kappa shape index (κ2) is 6.37. The van der Waals surface area contributed by atoms with Crippen LogP contribution in [0.25, 0.3) is 0 Å². The summed E-state index contributed by atoms with van der Waals surface area (Å²) < 4.78 is 10.9. The van der Waals surface area contributed by atoms with E-state index in [1.54, 1.807) is 0 Å². The van der Waals surface area contributed by atoms with Crippen molar-refractivity contribution in [2.75, 3.05) is 26.3 Å². The summed E-state index contributed by atoms with van der Waals surface area (Å²) in [5, 5.41) is 0. The molecule has 0 aromatic rings. The normalized spacial score (nSPS) is 12.0. The van der Waals surface area contributed by atoms with Crippen molar-refractivity contribution in [3.63, 3.8) is 0 Å². The average Bonchev–Trinajstić information content (AvgIpc) is 2.11. The monoisotopic (exact) mass is 176 g/mol. The lowest BCUT2D eigenvalue weighted by Crippen LogP contribution is -2.35. The maximum Gasteiger partial charge on any atom is 0.165 e. The van der Waals surface area contributed by atoms with Crippen molar-refractivity contribution in [1.29, 1.82) is 0 Å². The highest BCUT2D eigenvalue weighted by molar-refractivity contribution is 4.60. The molecule has 0 heterocycles. The Labute approximate surface area is 74.2 Å². The third kappa shape index (κ3) is 4.66. The Hall–Kier alpha value is -0.160. The van der Waals surface area contributed by atoms with E-state index in [1.807, 2.05) is 13.8 Å². The molecule has 0 saturated heterocycles. The van der Waals surface area contributed by atoms with E-state index >= 15 is 0 Å². The van der Waals surface area contributed by atoms with Gasteiger partial charge in [-0.2, -0.15) is 0 Å². The van der Waals surface area contributed by atoms with Crippen molar-refractivity contribution >= 4 is 0 Å². The molecule has 0 radical (unpaired) electrons. The lowest BCUT2D eigenvalue weighted by Gasteiger charge is -2.28. The third-order valence-corrected chi connectivity index (χ3v) is 1.69. The van der Waals surface area contributed by atoms with Gasteiger partial charge in [-0.15, -0.1) is 0 Å². The molecule has 0 aliphatic heterocycles. The van der Waals surface area contributed by atoms with E-state index in [1.165, 1.54) is 0 Å². The quantitative estimate of drug-likeness (QED) is 0.538. The van der Waals surface area contributed by atoms with Crippen LogP contribution in [0.15, 0.2) is 0 Å². The standard InChI is InChI=1S/C8H20N2O2/c1-3-8(2,11-6-4-9)12-7-5-10/h3-7,9-10H2,1-2H3. The van der Waals surface area contributed by atoms with E-state index in [0.717, 1.165) is 6.42 Å². The van der Waals surface area contributed by atoms with E-state index in [2.05, 4.69) is 0 Å². The summed E-state index contributed by atoms with van der Waals surface area (Å²) in [4.78, 5) is 0. The number of hydrogen-bond donors (Lipinski definition) is 2. The molecule has 4 heteroatoms. The first-order valence-corrected chi connectivity index (χ1v) is 4.36. The summed E-state index contributed by atoms with van der Waals surface area (Å²) in [6, 6.07) is 0. The predicted octanol–water partition coefficient (Wildman–Crippen LogP) is 0.0632. The van der Waals surface area contributed by atoms with E-state index in [-0.39, 0.29) is 0 Å². The fraction of sp³-hybridized carbons (Fsp3) is 1.00. The van der Waals surface area contributed by atoms with Gasteiger partial charge in [-0.1, -0.05) is 6.92 Å². The van der Waals surface area contributed by atoms with E-state index in [0.29, 0.717) is 26.3 Å². The van der Waals surface area contributed by atoms with Crippen LogP contribution in [-0.4, -0.2) is 32.1 Å². The molecule has 0 aromatic heterocycles. The molecule has 4 N–H and O–H groups in total. The van der Waals surface area contributed by atoms with Gasteiger partial charge in [0.1, 0.15) is 0 Å².